The van der Waals surface area contributed by atoms with Gasteiger partial charge in [-0.1, -0.05) is 0 Å². The van der Waals surface area contributed by atoms with Crippen LogP contribution in [-0.2, 0) is 0 Å². The van der Waals surface area contributed by atoms with Crippen molar-refractivity contribution >= 4 is 28.3 Å². The predicted molar refractivity (Wildman–Crippen MR) is 79.6 cm³/mol. The maximum absolute atomic E-state index is 13.2. The molecule has 0 saturated carbocycles. The standard InChI is InChI=1S/C15H13FN4O/c1-8-18-13-5-3-10(7-14(13)19-8)20-15(21)11-6-9(16)2-4-12(11)17/h2-7H,17H2,1H3,(H,18,19)(H,20,21). The quantitative estimate of drug-likeness (QED) is 0.633. The third-order valence-corrected chi connectivity index (χ3v) is 3.12. The van der Waals surface area contributed by atoms with Gasteiger partial charge in [0.05, 0.1) is 16.6 Å². The number of benzene rings is 2. The van der Waals surface area contributed by atoms with Crippen molar-refractivity contribution in [2.75, 3.05) is 11.1 Å². The summed E-state index contributed by atoms with van der Waals surface area (Å²) in [6, 6.07) is 8.99. The number of rotatable bonds is 2. The summed E-state index contributed by atoms with van der Waals surface area (Å²) in [4.78, 5) is 19.5. The summed E-state index contributed by atoms with van der Waals surface area (Å²) in [7, 11) is 0. The number of hydrogen-bond acceptors (Lipinski definition) is 3. The van der Waals surface area contributed by atoms with Crippen LogP contribution in [0.1, 0.15) is 16.2 Å². The van der Waals surface area contributed by atoms with Crippen molar-refractivity contribution in [3.63, 3.8) is 0 Å². The van der Waals surface area contributed by atoms with Gasteiger partial charge in [-0.15, -0.1) is 0 Å². The van der Waals surface area contributed by atoms with Crippen LogP contribution in [0.3, 0.4) is 0 Å². The number of anilines is 2. The van der Waals surface area contributed by atoms with Gasteiger partial charge in [0.15, 0.2) is 0 Å². The molecule has 2 aromatic carbocycles. The number of H-pyrrole nitrogens is 1. The molecule has 0 spiro atoms. The number of aryl methyl sites for hydroxylation is 1. The van der Waals surface area contributed by atoms with Gasteiger partial charge in [-0.25, -0.2) is 9.37 Å². The Kier molecular flexibility index (Phi) is 3.06. The summed E-state index contributed by atoms with van der Waals surface area (Å²) in [5, 5.41) is 2.69. The Morgan fingerprint density at radius 1 is 1.29 bits per heavy atom. The summed E-state index contributed by atoms with van der Waals surface area (Å²) >= 11 is 0. The van der Waals surface area contributed by atoms with Crippen molar-refractivity contribution in [1.29, 1.82) is 0 Å². The summed E-state index contributed by atoms with van der Waals surface area (Å²) in [5.41, 5.74) is 8.25. The van der Waals surface area contributed by atoms with Crippen molar-refractivity contribution in [2.45, 2.75) is 6.92 Å². The molecular weight excluding hydrogens is 271 g/mol. The van der Waals surface area contributed by atoms with E-state index in [1.165, 1.54) is 12.1 Å². The van der Waals surface area contributed by atoms with Crippen LogP contribution < -0.4 is 11.1 Å². The number of nitrogens with zero attached hydrogens (tertiary/aromatic N) is 1. The van der Waals surface area contributed by atoms with Crippen LogP contribution in [0.2, 0.25) is 0 Å². The second-order valence-corrected chi connectivity index (χ2v) is 4.74. The van der Waals surface area contributed by atoms with Crippen LogP contribution in [0, 0.1) is 12.7 Å². The van der Waals surface area contributed by atoms with Crippen molar-refractivity contribution in [1.82, 2.24) is 9.97 Å². The minimum atomic E-state index is -0.506. The number of nitrogens with two attached hydrogens (primary N) is 1. The molecule has 1 amide bonds. The first-order valence-corrected chi connectivity index (χ1v) is 6.36. The molecule has 6 heteroatoms. The SMILES string of the molecule is Cc1nc2ccc(NC(=O)c3cc(F)ccc3N)cc2[nH]1. The Morgan fingerprint density at radius 3 is 2.90 bits per heavy atom. The van der Waals surface area contributed by atoms with E-state index < -0.39 is 11.7 Å². The van der Waals surface area contributed by atoms with Crippen molar-refractivity contribution in [3.8, 4) is 0 Å². The highest BCUT2D eigenvalue weighted by Gasteiger charge is 2.11. The summed E-state index contributed by atoms with van der Waals surface area (Å²) in [6.07, 6.45) is 0. The number of aromatic nitrogens is 2. The molecule has 0 radical (unpaired) electrons. The van der Waals surface area contributed by atoms with E-state index in [2.05, 4.69) is 15.3 Å². The molecule has 0 aliphatic rings. The summed E-state index contributed by atoms with van der Waals surface area (Å²) < 4.78 is 13.2. The number of carbonyl (C=O) groups is 1. The first-order chi connectivity index (χ1) is 10.0. The van der Waals surface area contributed by atoms with Gasteiger partial charge in [-0.05, 0) is 43.3 Å². The van der Waals surface area contributed by atoms with Gasteiger partial charge < -0.3 is 16.0 Å². The Labute approximate surface area is 120 Å². The zero-order valence-electron chi connectivity index (χ0n) is 11.3. The Morgan fingerprint density at radius 2 is 2.10 bits per heavy atom. The molecule has 0 saturated heterocycles. The number of hydrogen-bond donors (Lipinski definition) is 3. The average molecular weight is 284 g/mol. The number of nitrogens with one attached hydrogen (secondary N) is 2. The van der Waals surface area contributed by atoms with Crippen LogP contribution in [0.5, 0.6) is 0 Å². The van der Waals surface area contributed by atoms with Gasteiger partial charge >= 0.3 is 0 Å². The monoisotopic (exact) mass is 284 g/mol. The number of amides is 1. The minimum Gasteiger partial charge on any atom is -0.398 e. The lowest BCUT2D eigenvalue weighted by atomic mass is 10.1. The highest BCUT2D eigenvalue weighted by atomic mass is 19.1. The molecule has 1 aromatic heterocycles. The van der Waals surface area contributed by atoms with E-state index in [0.29, 0.717) is 5.69 Å². The van der Waals surface area contributed by atoms with E-state index >= 15 is 0 Å². The fourth-order valence-electron chi connectivity index (χ4n) is 2.14. The van der Waals surface area contributed by atoms with Crippen LogP contribution in [-0.4, -0.2) is 15.9 Å². The maximum Gasteiger partial charge on any atom is 0.257 e. The minimum absolute atomic E-state index is 0.107. The van der Waals surface area contributed by atoms with E-state index in [-0.39, 0.29) is 11.3 Å². The fourth-order valence-corrected chi connectivity index (χ4v) is 2.14. The van der Waals surface area contributed by atoms with Crippen LogP contribution in [0.15, 0.2) is 36.4 Å². The number of imidazole rings is 1. The third-order valence-electron chi connectivity index (χ3n) is 3.12. The number of carbonyl (C=O) groups excluding carboxylic acids is 1. The summed E-state index contributed by atoms with van der Waals surface area (Å²) in [5.74, 6) is -0.167. The maximum atomic E-state index is 13.2. The molecule has 0 unspecified atom stereocenters. The molecule has 0 fully saturated rings. The topological polar surface area (TPSA) is 83.8 Å². The molecule has 21 heavy (non-hydrogen) atoms. The van der Waals surface area contributed by atoms with Gasteiger partial charge in [0, 0.05) is 11.4 Å². The Balaban J connectivity index is 1.90. The zero-order chi connectivity index (χ0) is 15.0. The smallest absolute Gasteiger partial charge is 0.257 e. The molecule has 4 N–H and O–H groups in total. The first kappa shape index (κ1) is 13.1. The normalized spacial score (nSPS) is 10.8. The third kappa shape index (κ3) is 2.55. The average Bonchev–Trinajstić information content (AvgIpc) is 2.80. The number of aromatic amines is 1. The molecule has 1 heterocycles. The van der Waals surface area contributed by atoms with Gasteiger partial charge in [0.1, 0.15) is 11.6 Å². The van der Waals surface area contributed by atoms with Crippen molar-refractivity contribution in [2.24, 2.45) is 0 Å². The number of halogens is 1. The van der Waals surface area contributed by atoms with E-state index in [1.54, 1.807) is 18.2 Å². The lowest BCUT2D eigenvalue weighted by Crippen LogP contribution is -2.14. The molecule has 3 aromatic rings. The number of nitrogen functional groups attached to an aromatic ring is 1. The Hall–Kier alpha value is -2.89. The van der Waals surface area contributed by atoms with Crippen LogP contribution in [0.4, 0.5) is 15.8 Å². The molecule has 106 valence electrons. The predicted octanol–water partition coefficient (Wildman–Crippen LogP) is 2.84. The van der Waals surface area contributed by atoms with Crippen LogP contribution >= 0.6 is 0 Å². The molecule has 0 bridgehead atoms. The molecule has 3 rings (SSSR count). The highest BCUT2D eigenvalue weighted by molar-refractivity contribution is 6.08. The lowest BCUT2D eigenvalue weighted by Gasteiger charge is -2.07. The zero-order valence-corrected chi connectivity index (χ0v) is 11.3. The van der Waals surface area contributed by atoms with Gasteiger partial charge in [0.25, 0.3) is 5.91 Å². The van der Waals surface area contributed by atoms with E-state index in [9.17, 15) is 9.18 Å². The second kappa shape index (κ2) is 4.90. The number of fused-ring (bicyclic) bond motifs is 1. The van der Waals surface area contributed by atoms with Gasteiger partial charge in [-0.2, -0.15) is 0 Å². The molecular formula is C15H13FN4O. The summed E-state index contributed by atoms with van der Waals surface area (Å²) in [6.45, 7) is 1.85. The van der Waals surface area contributed by atoms with E-state index in [4.69, 9.17) is 5.73 Å². The van der Waals surface area contributed by atoms with E-state index in [0.717, 1.165) is 22.9 Å². The first-order valence-electron chi connectivity index (χ1n) is 6.36. The molecule has 0 atom stereocenters. The van der Waals surface area contributed by atoms with E-state index in [1.807, 2.05) is 6.92 Å². The molecule has 0 aliphatic carbocycles. The molecule has 0 aliphatic heterocycles. The Bertz CT molecular complexity index is 841. The van der Waals surface area contributed by atoms with Gasteiger partial charge in [-0.3, -0.25) is 4.79 Å². The highest BCUT2D eigenvalue weighted by Crippen LogP contribution is 2.19. The van der Waals surface area contributed by atoms with Crippen LogP contribution in [0.25, 0.3) is 11.0 Å². The van der Waals surface area contributed by atoms with Crippen molar-refractivity contribution < 1.29 is 9.18 Å². The lowest BCUT2D eigenvalue weighted by molar-refractivity contribution is 0.102. The fraction of sp³-hybridized carbons (Fsp3) is 0.0667. The van der Waals surface area contributed by atoms with Crippen molar-refractivity contribution in [3.05, 3.63) is 53.6 Å². The van der Waals surface area contributed by atoms with Gasteiger partial charge in [0.2, 0.25) is 0 Å². The largest absolute Gasteiger partial charge is 0.398 e. The second-order valence-electron chi connectivity index (χ2n) is 4.74. The molecule has 5 nitrogen and oxygen atoms in total.